The molecule has 1 saturated carbocycles. The second-order valence-corrected chi connectivity index (χ2v) is 18.0. The van der Waals surface area contributed by atoms with Crippen LogP contribution in [-0.4, -0.2) is 90.2 Å². The number of nitrogens with zero attached hydrogens (tertiary/aromatic N) is 1. The minimum Gasteiger partial charge on any atom is -0.466 e. The van der Waals surface area contributed by atoms with Gasteiger partial charge in [0.15, 0.2) is 11.6 Å². The fourth-order valence-electron chi connectivity index (χ4n) is 7.93. The Morgan fingerprint density at radius 1 is 0.806 bits per heavy atom. The number of ether oxygens (including phenoxy) is 2. The first-order chi connectivity index (χ1) is 29.5. The van der Waals surface area contributed by atoms with E-state index in [1.54, 1.807) is 25.7 Å². The molecule has 1 saturated heterocycles. The van der Waals surface area contributed by atoms with Crippen LogP contribution in [0.4, 0.5) is 4.79 Å². The van der Waals surface area contributed by atoms with E-state index in [-0.39, 0.29) is 66.3 Å². The number of benzene rings is 1. The minimum atomic E-state index is -0.827. The fraction of sp³-hybridized carbons (Fsp3) is 0.612. The van der Waals surface area contributed by atoms with Gasteiger partial charge in [0.05, 0.1) is 25.2 Å². The van der Waals surface area contributed by atoms with Crippen LogP contribution in [-0.2, 0) is 44.7 Å². The summed E-state index contributed by atoms with van der Waals surface area (Å²) in [5.41, 5.74) is 2.84. The second-order valence-electron chi connectivity index (χ2n) is 18.0. The summed E-state index contributed by atoms with van der Waals surface area (Å²) < 4.78 is 10.8. The lowest BCUT2D eigenvalue weighted by Gasteiger charge is -2.29. The summed E-state index contributed by atoms with van der Waals surface area (Å²) in [6.45, 7) is 13.8. The third-order valence-corrected chi connectivity index (χ3v) is 11.8. The molecule has 2 aliphatic carbocycles. The highest BCUT2D eigenvalue weighted by Gasteiger charge is 2.38. The van der Waals surface area contributed by atoms with Crippen LogP contribution in [0.5, 0.6) is 0 Å². The quantitative estimate of drug-likeness (QED) is 0.0426. The van der Waals surface area contributed by atoms with Crippen LogP contribution < -0.4 is 16.0 Å². The van der Waals surface area contributed by atoms with Crippen molar-refractivity contribution in [3.05, 3.63) is 70.3 Å². The average Bonchev–Trinajstić information content (AvgIpc) is 3.94. The Hall–Kier alpha value is -5.07. The third kappa shape index (κ3) is 15.7. The van der Waals surface area contributed by atoms with Crippen LogP contribution in [0.15, 0.2) is 64.8 Å². The lowest BCUT2D eigenvalue weighted by atomic mass is 9.84. The zero-order valence-electron chi connectivity index (χ0n) is 38.0. The highest BCUT2D eigenvalue weighted by molar-refractivity contribution is 6.24. The zero-order valence-corrected chi connectivity index (χ0v) is 38.0. The number of unbranched alkanes of at least 4 members (excludes halogenated alkanes) is 2. The van der Waals surface area contributed by atoms with E-state index in [9.17, 15) is 33.6 Å². The van der Waals surface area contributed by atoms with Gasteiger partial charge in [-0.3, -0.25) is 28.8 Å². The number of carbonyl (C=O) groups is 7. The van der Waals surface area contributed by atoms with Gasteiger partial charge in [-0.1, -0.05) is 69.2 Å². The molecule has 62 heavy (non-hydrogen) atoms. The maximum atomic E-state index is 14.4. The van der Waals surface area contributed by atoms with E-state index in [4.69, 9.17) is 9.47 Å². The Balaban J connectivity index is 1.32. The molecule has 4 rings (SSSR count). The number of rotatable bonds is 24. The molecular formula is C49H70N4O9. The van der Waals surface area contributed by atoms with Crippen molar-refractivity contribution in [3.8, 4) is 0 Å². The van der Waals surface area contributed by atoms with Crippen molar-refractivity contribution in [2.24, 2.45) is 17.8 Å². The Labute approximate surface area is 368 Å². The first-order valence-electron chi connectivity index (χ1n) is 22.7. The molecule has 1 aliphatic heterocycles. The van der Waals surface area contributed by atoms with E-state index in [1.807, 2.05) is 56.3 Å². The molecule has 4 atom stereocenters. The van der Waals surface area contributed by atoms with Crippen molar-refractivity contribution >= 4 is 41.4 Å². The molecule has 13 heteroatoms. The molecule has 0 radical (unpaired) electrons. The summed E-state index contributed by atoms with van der Waals surface area (Å²) in [7, 11) is 0. The minimum absolute atomic E-state index is 0.120. The molecule has 3 aliphatic rings. The number of alkyl carbamates (subject to hydrolysis) is 1. The van der Waals surface area contributed by atoms with Crippen LogP contribution in [0.1, 0.15) is 131 Å². The molecular weight excluding hydrogens is 789 g/mol. The normalized spacial score (nSPS) is 18.3. The molecule has 0 bridgehead atoms. The maximum absolute atomic E-state index is 14.4. The van der Waals surface area contributed by atoms with Crippen molar-refractivity contribution < 1.29 is 43.0 Å². The van der Waals surface area contributed by atoms with Gasteiger partial charge in [-0.05, 0) is 116 Å². The molecule has 0 spiro atoms. The van der Waals surface area contributed by atoms with Crippen LogP contribution in [0.25, 0.3) is 0 Å². The van der Waals surface area contributed by atoms with Gasteiger partial charge in [0, 0.05) is 41.3 Å². The largest absolute Gasteiger partial charge is 0.466 e. The molecule has 1 heterocycles. The Morgan fingerprint density at radius 2 is 1.52 bits per heavy atom. The summed E-state index contributed by atoms with van der Waals surface area (Å²) in [6, 6.07) is 7.63. The highest BCUT2D eigenvalue weighted by atomic mass is 16.5. The SMILES string of the molecule is CC1=C(C)C(=O)C(CCCOC(=O)CCCCC[C@H](NC(=O)[C@@H]2CCCN2C(=O)[C@H](/C=C/[C@H](CC(C)C)NC(=O)OCC2CC2)Cc2ccccc2)C(=O)NC(C)C)=C(C)C1=O. The molecule has 4 amide bonds. The number of amides is 4. The van der Waals surface area contributed by atoms with E-state index in [1.165, 1.54) is 0 Å². The van der Waals surface area contributed by atoms with E-state index in [0.717, 1.165) is 18.4 Å². The van der Waals surface area contributed by atoms with Gasteiger partial charge < -0.3 is 30.3 Å². The number of likely N-dealkylation sites (tertiary alicyclic amines) is 1. The Kier molecular flexibility index (Phi) is 19.6. The van der Waals surface area contributed by atoms with Crippen molar-refractivity contribution in [3.63, 3.8) is 0 Å². The topological polar surface area (TPSA) is 177 Å². The maximum Gasteiger partial charge on any atom is 0.407 e. The van der Waals surface area contributed by atoms with E-state index >= 15 is 0 Å². The van der Waals surface area contributed by atoms with Gasteiger partial charge >= 0.3 is 12.1 Å². The van der Waals surface area contributed by atoms with Crippen molar-refractivity contribution in [2.45, 2.75) is 156 Å². The predicted octanol–water partition coefficient (Wildman–Crippen LogP) is 7.03. The summed E-state index contributed by atoms with van der Waals surface area (Å²) >= 11 is 0. The molecule has 0 unspecified atom stereocenters. The van der Waals surface area contributed by atoms with Crippen LogP contribution in [0, 0.1) is 17.8 Å². The summed E-state index contributed by atoms with van der Waals surface area (Å²) in [5, 5.41) is 8.84. The van der Waals surface area contributed by atoms with Gasteiger partial charge in [0.1, 0.15) is 12.1 Å². The molecule has 1 aromatic rings. The summed E-state index contributed by atoms with van der Waals surface area (Å²) in [5.74, 6) is -1.38. The smallest absolute Gasteiger partial charge is 0.407 e. The zero-order chi connectivity index (χ0) is 45.3. The lowest BCUT2D eigenvalue weighted by Crippen LogP contribution is -2.54. The molecule has 13 nitrogen and oxygen atoms in total. The monoisotopic (exact) mass is 859 g/mol. The predicted molar refractivity (Wildman–Crippen MR) is 238 cm³/mol. The number of nitrogens with one attached hydrogen (secondary N) is 3. The molecule has 340 valence electrons. The lowest BCUT2D eigenvalue weighted by molar-refractivity contribution is -0.144. The fourth-order valence-corrected chi connectivity index (χ4v) is 7.93. The number of hydrogen-bond acceptors (Lipinski definition) is 9. The van der Waals surface area contributed by atoms with Crippen LogP contribution in [0.3, 0.4) is 0 Å². The Morgan fingerprint density at radius 3 is 2.19 bits per heavy atom. The van der Waals surface area contributed by atoms with Crippen molar-refractivity contribution in [1.29, 1.82) is 0 Å². The summed E-state index contributed by atoms with van der Waals surface area (Å²) in [6.07, 6.45) is 10.6. The number of Topliss-reactive ketones (excluding diaryl/α,β-unsaturated/α-hetero) is 2. The van der Waals surface area contributed by atoms with Crippen molar-refractivity contribution in [2.75, 3.05) is 19.8 Å². The first-order valence-corrected chi connectivity index (χ1v) is 22.7. The van der Waals surface area contributed by atoms with Crippen LogP contribution >= 0.6 is 0 Å². The van der Waals surface area contributed by atoms with Crippen molar-refractivity contribution in [1.82, 2.24) is 20.9 Å². The third-order valence-electron chi connectivity index (χ3n) is 11.8. The van der Waals surface area contributed by atoms with E-state index in [0.29, 0.717) is 106 Å². The number of ketones is 2. The number of allylic oxidation sites excluding steroid dienone is 4. The summed E-state index contributed by atoms with van der Waals surface area (Å²) in [4.78, 5) is 93.7. The second kappa shape index (κ2) is 24.5. The number of esters is 1. The van der Waals surface area contributed by atoms with Crippen LogP contribution in [0.2, 0.25) is 0 Å². The van der Waals surface area contributed by atoms with Gasteiger partial charge in [-0.15, -0.1) is 0 Å². The molecule has 1 aromatic carbocycles. The van der Waals surface area contributed by atoms with E-state index < -0.39 is 24.1 Å². The molecule has 2 fully saturated rings. The van der Waals surface area contributed by atoms with Gasteiger partial charge in [0.2, 0.25) is 17.7 Å². The van der Waals surface area contributed by atoms with E-state index in [2.05, 4.69) is 29.8 Å². The average molecular weight is 859 g/mol. The molecule has 3 N–H and O–H groups in total. The van der Waals surface area contributed by atoms with Gasteiger partial charge in [-0.25, -0.2) is 4.79 Å². The standard InChI is InChI=1S/C49H70N4O9/c1-31(2)28-39(51-49(60)62-30-37-22-23-37)25-24-38(29-36-16-10-8-11-17-36)48(59)53-26-14-20-42(53)47(58)52-41(46(57)50-32(3)4)19-12-9-13-21-43(54)61-27-15-18-40-35(7)44(55)33(5)34(6)45(40)56/h8,10-11,16-17,24-25,31-32,37-39,41-42H,9,12-15,18-23,26-30H2,1-7H3,(H,50,57)(H,51,60)(H,52,58)/b25-24+/t38-,39-,41+,42+/m1/s1. The van der Waals surface area contributed by atoms with Gasteiger partial charge in [0.25, 0.3) is 0 Å². The Bertz CT molecular complexity index is 1850. The first kappa shape index (κ1) is 49.6. The number of carbonyl (C=O) groups excluding carboxylic acids is 7. The number of hydrogen-bond donors (Lipinski definition) is 3. The highest BCUT2D eigenvalue weighted by Crippen LogP contribution is 2.29. The van der Waals surface area contributed by atoms with Gasteiger partial charge in [-0.2, -0.15) is 0 Å². The molecule has 0 aromatic heterocycles.